The minimum atomic E-state index is -0.511. The predicted molar refractivity (Wildman–Crippen MR) is 74.9 cm³/mol. The average Bonchev–Trinajstić information content (AvgIpc) is 3.16. The first-order valence-electron chi connectivity index (χ1n) is 6.70. The minimum absolute atomic E-state index is 0.0589. The lowest BCUT2D eigenvalue weighted by Gasteiger charge is -2.17. The van der Waals surface area contributed by atoms with Crippen LogP contribution in [0.5, 0.6) is 0 Å². The summed E-state index contributed by atoms with van der Waals surface area (Å²) in [5.41, 5.74) is 2.69. The van der Waals surface area contributed by atoms with Crippen LogP contribution in [0.3, 0.4) is 0 Å². The number of hydrogen-bond donors (Lipinski definition) is 0. The van der Waals surface area contributed by atoms with Crippen LogP contribution in [0.15, 0.2) is 18.2 Å². The van der Waals surface area contributed by atoms with Gasteiger partial charge in [-0.2, -0.15) is 0 Å². The summed E-state index contributed by atoms with van der Waals surface area (Å²) >= 11 is 5.83. The molecule has 0 unspecified atom stereocenters. The average molecular weight is 278 g/mol. The molecule has 0 spiro atoms. The van der Waals surface area contributed by atoms with Crippen LogP contribution < -0.4 is 4.90 Å². The van der Waals surface area contributed by atoms with E-state index in [0.717, 1.165) is 37.1 Å². The van der Waals surface area contributed by atoms with Crippen LogP contribution in [0.25, 0.3) is 0 Å². The number of Topliss-reactive ketones (excluding diaryl/α,β-unsaturated/α-hetero) is 1. The van der Waals surface area contributed by atoms with Gasteiger partial charge in [-0.15, -0.1) is 11.6 Å². The maximum absolute atomic E-state index is 12.1. The minimum Gasteiger partial charge on any atom is -0.312 e. The second-order valence-corrected chi connectivity index (χ2v) is 5.99. The molecule has 0 radical (unpaired) electrons. The van der Waals surface area contributed by atoms with Gasteiger partial charge in [-0.25, -0.2) is 0 Å². The Hall–Kier alpha value is -1.35. The van der Waals surface area contributed by atoms with Crippen LogP contribution in [0.1, 0.15) is 35.7 Å². The van der Waals surface area contributed by atoms with E-state index in [1.807, 2.05) is 17.0 Å². The molecule has 1 aromatic carbocycles. The van der Waals surface area contributed by atoms with Gasteiger partial charge in [0.25, 0.3) is 0 Å². The number of hydrogen-bond acceptors (Lipinski definition) is 2. The van der Waals surface area contributed by atoms with Crippen molar-refractivity contribution in [3.63, 3.8) is 0 Å². The summed E-state index contributed by atoms with van der Waals surface area (Å²) in [4.78, 5) is 25.9. The summed E-state index contributed by atoms with van der Waals surface area (Å²) < 4.78 is 0. The van der Waals surface area contributed by atoms with E-state index in [4.69, 9.17) is 11.6 Å². The Bertz CT molecular complexity index is 549. The molecular weight excluding hydrogens is 262 g/mol. The number of halogens is 1. The molecule has 1 aromatic rings. The van der Waals surface area contributed by atoms with Gasteiger partial charge in [-0.3, -0.25) is 9.59 Å². The highest BCUT2D eigenvalue weighted by molar-refractivity contribution is 6.33. The number of carbonyl (C=O) groups excluding carboxylic acids is 2. The lowest BCUT2D eigenvalue weighted by atomic mass is 10.0. The zero-order valence-corrected chi connectivity index (χ0v) is 11.6. The Labute approximate surface area is 117 Å². The number of benzene rings is 1. The van der Waals surface area contributed by atoms with E-state index in [1.54, 1.807) is 13.0 Å². The first-order valence-corrected chi connectivity index (χ1v) is 7.14. The number of fused-ring (bicyclic) bond motifs is 1. The van der Waals surface area contributed by atoms with Gasteiger partial charge >= 0.3 is 0 Å². The van der Waals surface area contributed by atoms with Crippen LogP contribution in [-0.2, 0) is 11.2 Å². The highest BCUT2D eigenvalue weighted by atomic mass is 35.5. The van der Waals surface area contributed by atoms with Gasteiger partial charge in [0.05, 0.1) is 5.38 Å². The molecule has 0 aromatic heterocycles. The summed E-state index contributed by atoms with van der Waals surface area (Å²) in [6.45, 7) is 2.42. The number of alkyl halides is 1. The predicted octanol–water partition coefficient (Wildman–Crippen LogP) is 2.80. The van der Waals surface area contributed by atoms with E-state index < -0.39 is 5.38 Å². The second-order valence-electron chi connectivity index (χ2n) is 5.34. The number of amides is 1. The number of carbonyl (C=O) groups is 2. The fourth-order valence-electron chi connectivity index (χ4n) is 2.56. The molecule has 1 heterocycles. The van der Waals surface area contributed by atoms with E-state index >= 15 is 0 Å². The Morgan fingerprint density at radius 1 is 1.37 bits per heavy atom. The van der Waals surface area contributed by atoms with Crippen LogP contribution >= 0.6 is 11.6 Å². The topological polar surface area (TPSA) is 37.4 Å². The first kappa shape index (κ1) is 12.7. The molecule has 3 rings (SSSR count). The Balaban J connectivity index is 1.87. The monoisotopic (exact) mass is 277 g/mol. The number of rotatable bonds is 3. The third kappa shape index (κ3) is 2.27. The van der Waals surface area contributed by atoms with Crippen LogP contribution in [0, 0.1) is 5.92 Å². The Morgan fingerprint density at radius 3 is 2.74 bits per heavy atom. The summed E-state index contributed by atoms with van der Waals surface area (Å²) in [6, 6.07) is 5.55. The van der Waals surface area contributed by atoms with Crippen molar-refractivity contribution in [2.24, 2.45) is 5.92 Å². The summed E-state index contributed by atoms with van der Waals surface area (Å²) in [5, 5.41) is -0.511. The Kier molecular flexibility index (Phi) is 3.09. The highest BCUT2D eigenvalue weighted by Gasteiger charge is 2.36. The van der Waals surface area contributed by atoms with Gasteiger partial charge in [0, 0.05) is 23.7 Å². The molecular formula is C15H16ClNO2. The third-order valence-corrected chi connectivity index (χ3v) is 4.01. The van der Waals surface area contributed by atoms with E-state index in [-0.39, 0.29) is 17.6 Å². The first-order chi connectivity index (χ1) is 9.08. The van der Waals surface area contributed by atoms with Gasteiger partial charge in [-0.1, -0.05) is 0 Å². The third-order valence-electron chi connectivity index (χ3n) is 3.81. The van der Waals surface area contributed by atoms with Crippen LogP contribution in [-0.4, -0.2) is 23.6 Å². The molecule has 1 amide bonds. The molecule has 1 aliphatic carbocycles. The number of nitrogens with zero attached hydrogens (tertiary/aromatic N) is 1. The molecule has 1 aliphatic heterocycles. The van der Waals surface area contributed by atoms with Crippen molar-refractivity contribution in [3.8, 4) is 0 Å². The zero-order chi connectivity index (χ0) is 13.6. The largest absolute Gasteiger partial charge is 0.312 e. The van der Waals surface area contributed by atoms with Gasteiger partial charge in [0.2, 0.25) is 5.91 Å². The van der Waals surface area contributed by atoms with E-state index in [2.05, 4.69) is 0 Å². The molecule has 0 saturated heterocycles. The van der Waals surface area contributed by atoms with Crippen molar-refractivity contribution in [1.29, 1.82) is 0 Å². The van der Waals surface area contributed by atoms with E-state index in [9.17, 15) is 9.59 Å². The smallest absolute Gasteiger partial charge is 0.230 e. The molecule has 0 N–H and O–H groups in total. The molecule has 100 valence electrons. The quantitative estimate of drug-likeness (QED) is 0.629. The molecule has 4 heteroatoms. The maximum Gasteiger partial charge on any atom is 0.230 e. The fraction of sp³-hybridized carbons (Fsp3) is 0.467. The molecule has 1 saturated carbocycles. The summed E-state index contributed by atoms with van der Waals surface area (Å²) in [6.07, 6.45) is 2.86. The number of anilines is 1. The normalized spacial score (nSPS) is 19.2. The lowest BCUT2D eigenvalue weighted by molar-refractivity contribution is -0.119. The molecule has 2 aliphatic rings. The van der Waals surface area contributed by atoms with Crippen molar-refractivity contribution in [2.45, 2.75) is 31.6 Å². The number of ketones is 1. The van der Waals surface area contributed by atoms with Gasteiger partial charge in [0.15, 0.2) is 5.78 Å². The van der Waals surface area contributed by atoms with Crippen molar-refractivity contribution < 1.29 is 9.59 Å². The summed E-state index contributed by atoms with van der Waals surface area (Å²) in [7, 11) is 0. The summed E-state index contributed by atoms with van der Waals surface area (Å²) in [5.74, 6) is 0.412. The molecule has 3 nitrogen and oxygen atoms in total. The SMILES string of the molecule is C[C@@H](Cl)C(=O)c1ccc2c(c1)CCN2C(=O)C1CC1. The molecule has 0 bridgehead atoms. The van der Waals surface area contributed by atoms with E-state index in [1.165, 1.54) is 0 Å². The molecule has 19 heavy (non-hydrogen) atoms. The molecule has 1 fully saturated rings. The Morgan fingerprint density at radius 2 is 2.11 bits per heavy atom. The van der Waals surface area contributed by atoms with E-state index in [0.29, 0.717) is 5.56 Å². The van der Waals surface area contributed by atoms with Gasteiger partial charge in [-0.05, 0) is 49.9 Å². The fourth-order valence-corrected chi connectivity index (χ4v) is 2.69. The van der Waals surface area contributed by atoms with Crippen LogP contribution in [0.2, 0.25) is 0 Å². The van der Waals surface area contributed by atoms with Crippen molar-refractivity contribution in [1.82, 2.24) is 0 Å². The highest BCUT2D eigenvalue weighted by Crippen LogP contribution is 2.36. The van der Waals surface area contributed by atoms with Gasteiger partial charge < -0.3 is 4.90 Å². The van der Waals surface area contributed by atoms with Crippen molar-refractivity contribution in [3.05, 3.63) is 29.3 Å². The zero-order valence-electron chi connectivity index (χ0n) is 10.9. The second kappa shape index (κ2) is 4.64. The van der Waals surface area contributed by atoms with Crippen molar-refractivity contribution >= 4 is 29.0 Å². The van der Waals surface area contributed by atoms with Crippen LogP contribution in [0.4, 0.5) is 5.69 Å². The van der Waals surface area contributed by atoms with Crippen molar-refractivity contribution in [2.75, 3.05) is 11.4 Å². The lowest BCUT2D eigenvalue weighted by Crippen LogP contribution is -2.30. The molecule has 1 atom stereocenters. The maximum atomic E-state index is 12.1. The van der Waals surface area contributed by atoms with Gasteiger partial charge in [0.1, 0.15) is 0 Å². The standard InChI is InChI=1S/C15H16ClNO2/c1-9(16)14(18)12-4-5-13-11(8-12)6-7-17(13)15(19)10-2-3-10/h4-5,8-10H,2-3,6-7H2,1H3/t9-/m1/s1.